The number of benzene rings is 2. The molecule has 3 amide bonds. The largest absolute Gasteiger partial charge is 0.461 e. The van der Waals surface area contributed by atoms with Crippen molar-refractivity contribution in [3.63, 3.8) is 0 Å². The summed E-state index contributed by atoms with van der Waals surface area (Å²) in [6.45, 7) is -0.306. The first-order chi connectivity index (χ1) is 17.8. The molecule has 37 heavy (non-hydrogen) atoms. The first-order valence-corrected chi connectivity index (χ1v) is 13.3. The van der Waals surface area contributed by atoms with E-state index in [2.05, 4.69) is 16.0 Å². The van der Waals surface area contributed by atoms with Gasteiger partial charge in [0.2, 0.25) is 0 Å². The lowest BCUT2D eigenvalue weighted by atomic mass is 9.98. The van der Waals surface area contributed by atoms with E-state index in [1.54, 1.807) is 36.4 Å². The number of urea groups is 1. The number of thiophene rings is 1. The molecule has 0 saturated heterocycles. The quantitative estimate of drug-likeness (QED) is 0.267. The zero-order valence-corrected chi connectivity index (χ0v) is 21.9. The van der Waals surface area contributed by atoms with Gasteiger partial charge in [-0.3, -0.25) is 9.59 Å². The molecule has 1 aromatic heterocycles. The van der Waals surface area contributed by atoms with Crippen molar-refractivity contribution in [2.75, 3.05) is 17.2 Å². The van der Waals surface area contributed by atoms with E-state index in [9.17, 15) is 18.8 Å². The van der Waals surface area contributed by atoms with Crippen molar-refractivity contribution in [3.05, 3.63) is 69.3 Å². The first kappa shape index (κ1) is 26.9. The SMILES string of the molecule is O=C(Nc1cc(-c2ccc(F)cc2)sc1C(=O)NCC(=O)OC1CCCCC1)Nc1c(Cl)cccc1Cl. The molecule has 1 aliphatic carbocycles. The average molecular weight is 564 g/mol. The molecule has 0 radical (unpaired) electrons. The Morgan fingerprint density at radius 3 is 2.32 bits per heavy atom. The van der Waals surface area contributed by atoms with Gasteiger partial charge in [0.15, 0.2) is 0 Å². The molecule has 0 spiro atoms. The van der Waals surface area contributed by atoms with Gasteiger partial charge in [-0.25, -0.2) is 9.18 Å². The minimum Gasteiger partial charge on any atom is -0.461 e. The van der Waals surface area contributed by atoms with Crippen molar-refractivity contribution < 1.29 is 23.5 Å². The van der Waals surface area contributed by atoms with Crippen molar-refractivity contribution >= 4 is 63.8 Å². The highest BCUT2D eigenvalue weighted by molar-refractivity contribution is 7.18. The number of hydrogen-bond donors (Lipinski definition) is 3. The fraction of sp³-hybridized carbons (Fsp3) is 0.269. The van der Waals surface area contributed by atoms with Gasteiger partial charge in [-0.15, -0.1) is 11.3 Å². The second-order valence-electron chi connectivity index (χ2n) is 8.47. The summed E-state index contributed by atoms with van der Waals surface area (Å²) in [6, 6.07) is 11.4. The predicted molar refractivity (Wildman–Crippen MR) is 144 cm³/mol. The van der Waals surface area contributed by atoms with Crippen molar-refractivity contribution in [2.45, 2.75) is 38.2 Å². The predicted octanol–water partition coefficient (Wildman–Crippen LogP) is 7.11. The number of carbonyl (C=O) groups excluding carboxylic acids is 3. The van der Waals surface area contributed by atoms with Crippen LogP contribution in [0.3, 0.4) is 0 Å². The van der Waals surface area contributed by atoms with E-state index >= 15 is 0 Å². The molecule has 0 unspecified atom stereocenters. The van der Waals surface area contributed by atoms with Crippen molar-refractivity contribution in [1.29, 1.82) is 0 Å². The van der Waals surface area contributed by atoms with Crippen LogP contribution >= 0.6 is 34.5 Å². The molecule has 1 fully saturated rings. The summed E-state index contributed by atoms with van der Waals surface area (Å²) in [5, 5.41) is 8.28. The lowest BCUT2D eigenvalue weighted by molar-refractivity contribution is -0.149. The number of esters is 1. The Hall–Kier alpha value is -3.14. The Balaban J connectivity index is 1.50. The second kappa shape index (κ2) is 12.4. The van der Waals surface area contributed by atoms with Crippen LogP contribution in [-0.2, 0) is 9.53 Å². The number of halogens is 3. The molecule has 2 aromatic carbocycles. The fourth-order valence-electron chi connectivity index (χ4n) is 3.94. The van der Waals surface area contributed by atoms with E-state index in [0.29, 0.717) is 10.4 Å². The number of carbonyl (C=O) groups is 3. The molecule has 194 valence electrons. The van der Waals surface area contributed by atoms with Crippen LogP contribution in [0, 0.1) is 5.82 Å². The van der Waals surface area contributed by atoms with E-state index in [4.69, 9.17) is 27.9 Å². The zero-order chi connectivity index (χ0) is 26.4. The monoisotopic (exact) mass is 563 g/mol. The molecule has 3 aromatic rings. The lowest BCUT2D eigenvalue weighted by Crippen LogP contribution is -2.33. The standard InChI is InChI=1S/C26H24Cl2FN3O4S/c27-18-7-4-8-19(28)23(18)32-26(35)31-20-13-21(15-9-11-16(29)12-10-15)37-24(20)25(34)30-14-22(33)36-17-5-2-1-3-6-17/h4,7-13,17H,1-3,5-6,14H2,(H,30,34)(H2,31,32,35). The van der Waals surface area contributed by atoms with Crippen LogP contribution in [-0.4, -0.2) is 30.6 Å². The van der Waals surface area contributed by atoms with Crippen LogP contribution < -0.4 is 16.0 Å². The Kier molecular flexibility index (Phi) is 9.02. The molecule has 0 bridgehead atoms. The van der Waals surface area contributed by atoms with Crippen molar-refractivity contribution in [1.82, 2.24) is 5.32 Å². The van der Waals surface area contributed by atoms with E-state index < -0.39 is 23.7 Å². The van der Waals surface area contributed by atoms with Gasteiger partial charge < -0.3 is 20.7 Å². The maximum Gasteiger partial charge on any atom is 0.325 e. The molecular formula is C26H24Cl2FN3O4S. The lowest BCUT2D eigenvalue weighted by Gasteiger charge is -2.21. The van der Waals surface area contributed by atoms with Gasteiger partial charge in [0.1, 0.15) is 23.3 Å². The Labute approximate surface area is 227 Å². The molecule has 1 heterocycles. The van der Waals surface area contributed by atoms with Crippen LogP contribution in [0.2, 0.25) is 10.0 Å². The molecule has 4 rings (SSSR count). The van der Waals surface area contributed by atoms with Gasteiger partial charge in [0.05, 0.1) is 21.4 Å². The van der Waals surface area contributed by atoms with E-state index in [1.807, 2.05) is 0 Å². The second-order valence-corrected chi connectivity index (χ2v) is 10.3. The summed E-state index contributed by atoms with van der Waals surface area (Å²) in [5.74, 6) is -1.48. The number of rotatable bonds is 7. The summed E-state index contributed by atoms with van der Waals surface area (Å²) in [7, 11) is 0. The maximum absolute atomic E-state index is 13.4. The highest BCUT2D eigenvalue weighted by atomic mass is 35.5. The third-order valence-electron chi connectivity index (χ3n) is 5.76. The van der Waals surface area contributed by atoms with Gasteiger partial charge in [-0.05, 0) is 61.6 Å². The summed E-state index contributed by atoms with van der Waals surface area (Å²) >= 11 is 13.4. The van der Waals surface area contributed by atoms with Gasteiger partial charge in [0.25, 0.3) is 5.91 Å². The highest BCUT2D eigenvalue weighted by Crippen LogP contribution is 2.36. The number of amides is 3. The Bertz CT molecular complexity index is 1270. The fourth-order valence-corrected chi connectivity index (χ4v) is 5.46. The molecule has 3 N–H and O–H groups in total. The molecular weight excluding hydrogens is 540 g/mol. The van der Waals surface area contributed by atoms with Crippen molar-refractivity contribution in [2.24, 2.45) is 0 Å². The minimum atomic E-state index is -0.677. The van der Waals surface area contributed by atoms with Crippen LogP contribution in [0.4, 0.5) is 20.6 Å². The number of nitrogens with one attached hydrogen (secondary N) is 3. The van der Waals surface area contributed by atoms with Crippen LogP contribution in [0.15, 0.2) is 48.5 Å². The Morgan fingerprint density at radius 2 is 1.65 bits per heavy atom. The molecule has 1 aliphatic rings. The van der Waals surface area contributed by atoms with Gasteiger partial charge in [-0.1, -0.05) is 47.8 Å². The normalized spacial score (nSPS) is 13.6. The molecule has 0 atom stereocenters. The molecule has 0 aliphatic heterocycles. The van der Waals surface area contributed by atoms with Gasteiger partial charge in [0, 0.05) is 4.88 Å². The summed E-state index contributed by atoms with van der Waals surface area (Å²) in [4.78, 5) is 38.8. The van der Waals surface area contributed by atoms with Crippen molar-refractivity contribution in [3.8, 4) is 10.4 Å². The number of ether oxygens (including phenoxy) is 1. The van der Waals surface area contributed by atoms with Crippen LogP contribution in [0.1, 0.15) is 41.8 Å². The van der Waals surface area contributed by atoms with E-state index in [0.717, 1.165) is 43.4 Å². The smallest absolute Gasteiger partial charge is 0.325 e. The van der Waals surface area contributed by atoms with E-state index in [1.165, 1.54) is 12.1 Å². The maximum atomic E-state index is 13.4. The third-order valence-corrected chi connectivity index (χ3v) is 7.57. The number of hydrogen-bond acceptors (Lipinski definition) is 5. The summed E-state index contributed by atoms with van der Waals surface area (Å²) in [6.07, 6.45) is 4.69. The third kappa shape index (κ3) is 7.21. The highest BCUT2D eigenvalue weighted by Gasteiger charge is 2.22. The van der Waals surface area contributed by atoms with Crippen LogP contribution in [0.25, 0.3) is 10.4 Å². The number of para-hydroxylation sites is 1. The zero-order valence-electron chi connectivity index (χ0n) is 19.6. The van der Waals surface area contributed by atoms with Gasteiger partial charge >= 0.3 is 12.0 Å². The average Bonchev–Trinajstić information content (AvgIpc) is 3.29. The summed E-state index contributed by atoms with van der Waals surface area (Å²) < 4.78 is 18.9. The first-order valence-electron chi connectivity index (χ1n) is 11.7. The molecule has 11 heteroatoms. The minimum absolute atomic E-state index is 0.123. The topological polar surface area (TPSA) is 96.5 Å². The van der Waals surface area contributed by atoms with Crippen LogP contribution in [0.5, 0.6) is 0 Å². The molecule has 7 nitrogen and oxygen atoms in total. The number of anilines is 2. The van der Waals surface area contributed by atoms with Gasteiger partial charge in [-0.2, -0.15) is 0 Å². The van der Waals surface area contributed by atoms with E-state index in [-0.39, 0.29) is 38.9 Å². The Morgan fingerprint density at radius 1 is 0.973 bits per heavy atom. The molecule has 1 saturated carbocycles. The summed E-state index contributed by atoms with van der Waals surface area (Å²) in [5.41, 5.74) is 1.07.